The highest BCUT2D eigenvalue weighted by molar-refractivity contribution is 7.47. The molecule has 13 heavy (non-hydrogen) atoms. The summed E-state index contributed by atoms with van der Waals surface area (Å²) in [5.74, 6) is 0.535. The Morgan fingerprint density at radius 3 is 2.15 bits per heavy atom. The zero-order chi connectivity index (χ0) is 9.90. The number of rotatable bonds is 3. The van der Waals surface area contributed by atoms with Gasteiger partial charge in [0.25, 0.3) is 0 Å². The molecule has 1 N–H and O–H groups in total. The van der Waals surface area contributed by atoms with Gasteiger partial charge in [-0.15, -0.1) is 4.20 Å². The van der Waals surface area contributed by atoms with Crippen LogP contribution in [0.3, 0.4) is 0 Å². The second-order valence-corrected chi connectivity index (χ2v) is 3.30. The van der Waals surface area contributed by atoms with Gasteiger partial charge in [-0.2, -0.15) is 0 Å². The molecule has 1 aromatic rings. The van der Waals surface area contributed by atoms with Crippen molar-refractivity contribution in [2.75, 3.05) is 7.11 Å². The molecular weight excluding hydrogens is 198 g/mol. The Labute approximate surface area is 74.6 Å². The molecule has 1 aromatic carbocycles. The van der Waals surface area contributed by atoms with E-state index in [1.165, 1.54) is 31.4 Å². The third-order valence-corrected chi connectivity index (χ3v) is 1.71. The van der Waals surface area contributed by atoms with Gasteiger partial charge in [0, 0.05) is 0 Å². The van der Waals surface area contributed by atoms with Crippen molar-refractivity contribution in [3.8, 4) is 11.5 Å². The fourth-order valence-electron chi connectivity index (χ4n) is 0.767. The summed E-state index contributed by atoms with van der Waals surface area (Å²) < 4.78 is 31.2. The highest BCUT2D eigenvalue weighted by Crippen LogP contribution is 2.43. The van der Waals surface area contributed by atoms with Gasteiger partial charge in [-0.05, 0) is 24.3 Å². The summed E-state index contributed by atoms with van der Waals surface area (Å²) in [5.41, 5.74) is 0. The Bertz CT molecular complexity index is 318. The molecule has 0 saturated carbocycles. The molecule has 0 fully saturated rings. The minimum atomic E-state index is -4.95. The molecule has 1 rings (SSSR count). The van der Waals surface area contributed by atoms with Gasteiger partial charge in [-0.3, -0.25) is 4.89 Å². The van der Waals surface area contributed by atoms with Gasteiger partial charge in [-0.25, -0.2) is 4.57 Å². The van der Waals surface area contributed by atoms with E-state index in [0.29, 0.717) is 5.75 Å². The zero-order valence-electron chi connectivity index (χ0n) is 6.81. The second kappa shape index (κ2) is 3.77. The van der Waals surface area contributed by atoms with Crippen LogP contribution in [-0.2, 0) is 4.57 Å². The van der Waals surface area contributed by atoms with Gasteiger partial charge in [-0.1, -0.05) is 0 Å². The number of benzene rings is 1. The van der Waals surface area contributed by atoms with Crippen molar-refractivity contribution in [2.45, 2.75) is 0 Å². The van der Waals surface area contributed by atoms with Crippen molar-refractivity contribution in [1.82, 2.24) is 0 Å². The second-order valence-electron chi connectivity index (χ2n) is 2.22. The predicted octanol–water partition coefficient (Wildman–Crippen LogP) is 2.14. The van der Waals surface area contributed by atoms with Crippen LogP contribution >= 0.6 is 7.91 Å². The van der Waals surface area contributed by atoms with Crippen LogP contribution in [0.2, 0.25) is 0 Å². The first-order valence-electron chi connectivity index (χ1n) is 3.37. The highest BCUT2D eigenvalue weighted by Gasteiger charge is 2.18. The van der Waals surface area contributed by atoms with Crippen LogP contribution in [0.4, 0.5) is 4.20 Å². The Morgan fingerprint density at radius 1 is 1.31 bits per heavy atom. The zero-order valence-corrected chi connectivity index (χ0v) is 7.70. The van der Waals surface area contributed by atoms with E-state index in [9.17, 15) is 8.76 Å². The normalized spacial score (nSPS) is 14.7. The lowest BCUT2D eigenvalue weighted by atomic mass is 10.3. The minimum absolute atomic E-state index is 0.0193. The van der Waals surface area contributed by atoms with Gasteiger partial charge >= 0.3 is 7.91 Å². The van der Waals surface area contributed by atoms with E-state index in [2.05, 4.69) is 4.52 Å². The van der Waals surface area contributed by atoms with Gasteiger partial charge in [0.05, 0.1) is 7.11 Å². The molecule has 0 aliphatic heterocycles. The van der Waals surface area contributed by atoms with Crippen molar-refractivity contribution in [3.63, 3.8) is 0 Å². The lowest BCUT2D eigenvalue weighted by Gasteiger charge is -2.05. The SMILES string of the molecule is COc1ccc(OP(=O)(O)F)cc1. The smallest absolute Gasteiger partial charge is 0.497 e. The van der Waals surface area contributed by atoms with Crippen LogP contribution in [0, 0.1) is 0 Å². The van der Waals surface area contributed by atoms with E-state index in [-0.39, 0.29) is 5.75 Å². The predicted molar refractivity (Wildman–Crippen MR) is 44.6 cm³/mol. The Kier molecular flexibility index (Phi) is 2.90. The lowest BCUT2D eigenvalue weighted by molar-refractivity contribution is 0.330. The van der Waals surface area contributed by atoms with Crippen molar-refractivity contribution < 1.29 is 22.9 Å². The Morgan fingerprint density at radius 2 is 1.77 bits per heavy atom. The first-order valence-corrected chi connectivity index (χ1v) is 4.84. The molecule has 4 nitrogen and oxygen atoms in total. The van der Waals surface area contributed by atoms with E-state index < -0.39 is 7.91 Å². The van der Waals surface area contributed by atoms with E-state index in [0.717, 1.165) is 0 Å². The molecule has 0 radical (unpaired) electrons. The molecule has 72 valence electrons. The standard InChI is InChI=1S/C7H8FO4P/c1-11-6-2-4-7(5-3-6)12-13(8,9)10/h2-5H,1H3,(H,9,10). The monoisotopic (exact) mass is 206 g/mol. The van der Waals surface area contributed by atoms with E-state index in [4.69, 9.17) is 9.63 Å². The van der Waals surface area contributed by atoms with Crippen LogP contribution in [0.1, 0.15) is 0 Å². The van der Waals surface area contributed by atoms with Gasteiger partial charge in [0.1, 0.15) is 11.5 Å². The van der Waals surface area contributed by atoms with Crippen molar-refractivity contribution in [1.29, 1.82) is 0 Å². The van der Waals surface area contributed by atoms with Crippen LogP contribution in [-0.4, -0.2) is 12.0 Å². The molecule has 0 saturated heterocycles. The van der Waals surface area contributed by atoms with Crippen molar-refractivity contribution >= 4 is 7.91 Å². The van der Waals surface area contributed by atoms with Gasteiger partial charge < -0.3 is 9.26 Å². The molecule has 0 bridgehead atoms. The van der Waals surface area contributed by atoms with Crippen molar-refractivity contribution in [2.24, 2.45) is 0 Å². The molecule has 0 amide bonds. The molecule has 0 spiro atoms. The molecule has 6 heteroatoms. The largest absolute Gasteiger partial charge is 0.567 e. The molecule has 0 aliphatic rings. The Balaban J connectivity index is 2.76. The average Bonchev–Trinajstić information content (AvgIpc) is 2.03. The summed E-state index contributed by atoms with van der Waals surface area (Å²) in [5, 5.41) is 0. The summed E-state index contributed by atoms with van der Waals surface area (Å²) in [6, 6.07) is 5.65. The fraction of sp³-hybridized carbons (Fsp3) is 0.143. The topological polar surface area (TPSA) is 55.8 Å². The summed E-state index contributed by atoms with van der Waals surface area (Å²) in [6.45, 7) is 0. The highest BCUT2D eigenvalue weighted by atomic mass is 31.2. The number of hydrogen-bond donors (Lipinski definition) is 1. The van der Waals surface area contributed by atoms with E-state index in [1.54, 1.807) is 0 Å². The molecule has 0 aromatic heterocycles. The molecule has 1 atom stereocenters. The maximum Gasteiger partial charge on any atom is 0.567 e. The van der Waals surface area contributed by atoms with Gasteiger partial charge in [0.15, 0.2) is 0 Å². The quantitative estimate of drug-likeness (QED) is 0.769. The lowest BCUT2D eigenvalue weighted by Crippen LogP contribution is -1.86. The van der Waals surface area contributed by atoms with Gasteiger partial charge in [0.2, 0.25) is 0 Å². The Hall–Kier alpha value is -1.06. The molecule has 0 heterocycles. The summed E-state index contributed by atoms with van der Waals surface area (Å²) in [4.78, 5) is 8.23. The summed E-state index contributed by atoms with van der Waals surface area (Å²) >= 11 is 0. The third kappa shape index (κ3) is 3.44. The van der Waals surface area contributed by atoms with Crippen molar-refractivity contribution in [3.05, 3.63) is 24.3 Å². The van der Waals surface area contributed by atoms with Crippen LogP contribution in [0.15, 0.2) is 24.3 Å². The van der Waals surface area contributed by atoms with E-state index in [1.807, 2.05) is 0 Å². The maximum atomic E-state index is 12.1. The van der Waals surface area contributed by atoms with Crippen LogP contribution < -0.4 is 9.26 Å². The number of hydrogen-bond acceptors (Lipinski definition) is 3. The van der Waals surface area contributed by atoms with Crippen LogP contribution in [0.25, 0.3) is 0 Å². The minimum Gasteiger partial charge on any atom is -0.497 e. The fourth-order valence-corrected chi connectivity index (χ4v) is 1.15. The third-order valence-electron chi connectivity index (χ3n) is 1.28. The van der Waals surface area contributed by atoms with E-state index >= 15 is 0 Å². The number of halogens is 1. The summed E-state index contributed by atoms with van der Waals surface area (Å²) in [6.07, 6.45) is 0. The molecule has 0 aliphatic carbocycles. The first kappa shape index (κ1) is 10.0. The molecular formula is C7H8FO4P. The number of methoxy groups -OCH3 is 1. The summed E-state index contributed by atoms with van der Waals surface area (Å²) in [7, 11) is -3.48. The molecule has 1 unspecified atom stereocenters. The maximum absolute atomic E-state index is 12.1. The average molecular weight is 206 g/mol. The number of ether oxygens (including phenoxy) is 1. The first-order chi connectivity index (χ1) is 6.01. The van der Waals surface area contributed by atoms with Crippen LogP contribution in [0.5, 0.6) is 11.5 Å².